The molecule has 1 heterocycles. The van der Waals surface area contributed by atoms with Gasteiger partial charge in [0.15, 0.2) is 19.7 Å². The molecule has 29 heavy (non-hydrogen) atoms. The molecule has 1 fully saturated rings. The molecule has 0 bridgehead atoms. The Morgan fingerprint density at radius 3 is 2.14 bits per heavy atom. The normalized spacial score (nSPS) is 22.5. The molecule has 0 saturated carbocycles. The van der Waals surface area contributed by atoms with Crippen LogP contribution in [0.3, 0.4) is 0 Å². The van der Waals surface area contributed by atoms with Gasteiger partial charge in [-0.2, -0.15) is 0 Å². The van der Waals surface area contributed by atoms with E-state index in [-0.39, 0.29) is 21.9 Å². The zero-order valence-electron chi connectivity index (χ0n) is 18.5. The molecule has 0 unspecified atom stereocenters. The number of likely N-dealkylation sites (N-methyl/N-ethyl adjacent to an activating group) is 1. The van der Waals surface area contributed by atoms with Gasteiger partial charge in [0.2, 0.25) is 0 Å². The SMILES string of the molecule is CCN(CC)C(C)(C)CN[C@H]1CS(=O)(=O)C[C@@H]1S(=O)(=O)c1ccc(C(C)C)cc1. The summed E-state index contributed by atoms with van der Waals surface area (Å²) in [4.78, 5) is 2.47. The number of hydrogen-bond donors (Lipinski definition) is 1. The lowest BCUT2D eigenvalue weighted by Crippen LogP contribution is -2.54. The molecule has 2 rings (SSSR count). The molecule has 166 valence electrons. The van der Waals surface area contributed by atoms with Gasteiger partial charge in [0, 0.05) is 18.1 Å². The van der Waals surface area contributed by atoms with Gasteiger partial charge in [0.05, 0.1) is 21.7 Å². The van der Waals surface area contributed by atoms with E-state index in [1.165, 1.54) is 0 Å². The molecule has 0 amide bonds. The number of rotatable bonds is 9. The maximum atomic E-state index is 13.3. The van der Waals surface area contributed by atoms with Gasteiger partial charge in [-0.3, -0.25) is 4.90 Å². The minimum atomic E-state index is -3.76. The molecule has 2 atom stereocenters. The second-order valence-corrected chi connectivity index (χ2v) is 13.2. The maximum absolute atomic E-state index is 13.3. The van der Waals surface area contributed by atoms with Gasteiger partial charge in [-0.25, -0.2) is 16.8 Å². The minimum absolute atomic E-state index is 0.144. The van der Waals surface area contributed by atoms with E-state index in [9.17, 15) is 16.8 Å². The fraction of sp³-hybridized carbons (Fsp3) is 0.714. The van der Waals surface area contributed by atoms with Crippen molar-refractivity contribution in [3.05, 3.63) is 29.8 Å². The van der Waals surface area contributed by atoms with Crippen LogP contribution in [-0.4, -0.2) is 69.7 Å². The summed E-state index contributed by atoms with van der Waals surface area (Å²) < 4.78 is 51.2. The Kier molecular flexibility index (Phi) is 7.58. The average Bonchev–Trinajstić information content (AvgIpc) is 2.96. The number of sulfone groups is 2. The smallest absolute Gasteiger partial charge is 0.183 e. The Morgan fingerprint density at radius 1 is 1.10 bits per heavy atom. The topological polar surface area (TPSA) is 83.6 Å². The van der Waals surface area contributed by atoms with E-state index in [0.29, 0.717) is 12.5 Å². The van der Waals surface area contributed by atoms with Crippen molar-refractivity contribution in [3.8, 4) is 0 Å². The van der Waals surface area contributed by atoms with Crippen LogP contribution in [0.5, 0.6) is 0 Å². The molecule has 0 aromatic heterocycles. The first-order chi connectivity index (χ1) is 13.3. The predicted octanol–water partition coefficient (Wildman–Crippen LogP) is 2.46. The molecule has 0 radical (unpaired) electrons. The van der Waals surface area contributed by atoms with Crippen molar-refractivity contribution in [3.63, 3.8) is 0 Å². The third kappa shape index (κ3) is 5.60. The summed E-state index contributed by atoms with van der Waals surface area (Å²) in [6.07, 6.45) is 0. The van der Waals surface area contributed by atoms with Crippen molar-refractivity contribution >= 4 is 19.7 Å². The van der Waals surface area contributed by atoms with E-state index in [1.54, 1.807) is 12.1 Å². The molecule has 6 nitrogen and oxygen atoms in total. The number of nitrogens with zero attached hydrogens (tertiary/aromatic N) is 1. The average molecular weight is 445 g/mol. The van der Waals surface area contributed by atoms with Crippen LogP contribution < -0.4 is 5.32 Å². The number of nitrogens with one attached hydrogen (secondary N) is 1. The van der Waals surface area contributed by atoms with Crippen LogP contribution >= 0.6 is 0 Å². The second-order valence-electron chi connectivity index (χ2n) is 8.86. The van der Waals surface area contributed by atoms with Gasteiger partial charge in [0.1, 0.15) is 0 Å². The molecule has 1 aliphatic rings. The van der Waals surface area contributed by atoms with Gasteiger partial charge in [-0.1, -0.05) is 39.8 Å². The Labute approximate surface area is 176 Å². The van der Waals surface area contributed by atoms with Crippen molar-refractivity contribution in [2.75, 3.05) is 31.1 Å². The van der Waals surface area contributed by atoms with Crippen molar-refractivity contribution in [1.82, 2.24) is 10.2 Å². The highest BCUT2D eigenvalue weighted by molar-refractivity contribution is 7.96. The molecule has 1 aliphatic heterocycles. The standard InChI is InChI=1S/C21H36N2O4S2/c1-7-23(8-2)21(5,6)15-22-19-13-28(24,25)14-20(19)29(26,27)18-11-9-17(10-12-18)16(3)4/h9-12,16,19-20,22H,7-8,13-15H2,1-6H3/t19-,20-/m0/s1. The quantitative estimate of drug-likeness (QED) is 0.630. The Bertz CT molecular complexity index is 887. The third-order valence-electron chi connectivity index (χ3n) is 5.99. The lowest BCUT2D eigenvalue weighted by molar-refractivity contribution is 0.130. The maximum Gasteiger partial charge on any atom is 0.183 e. The van der Waals surface area contributed by atoms with E-state index >= 15 is 0 Å². The predicted molar refractivity (Wildman–Crippen MR) is 119 cm³/mol. The van der Waals surface area contributed by atoms with Gasteiger partial charge >= 0.3 is 0 Å². The fourth-order valence-corrected chi connectivity index (χ4v) is 8.82. The summed E-state index contributed by atoms with van der Waals surface area (Å²) >= 11 is 0. The van der Waals surface area contributed by atoms with Gasteiger partial charge in [-0.15, -0.1) is 0 Å². The summed E-state index contributed by atoms with van der Waals surface area (Å²) in [5.74, 6) is -0.171. The first-order valence-electron chi connectivity index (χ1n) is 10.4. The minimum Gasteiger partial charge on any atom is -0.310 e. The van der Waals surface area contributed by atoms with Crippen molar-refractivity contribution in [2.45, 2.75) is 69.2 Å². The first-order valence-corrected chi connectivity index (χ1v) is 13.7. The molecule has 1 aromatic carbocycles. The highest BCUT2D eigenvalue weighted by Gasteiger charge is 2.46. The summed E-state index contributed by atoms with van der Waals surface area (Å²) in [6, 6.07) is 6.23. The fourth-order valence-electron chi connectivity index (χ4n) is 4.10. The van der Waals surface area contributed by atoms with Gasteiger partial charge in [-0.05, 0) is 50.6 Å². The molecule has 0 spiro atoms. The van der Waals surface area contributed by atoms with Crippen LogP contribution in [0.1, 0.15) is 53.0 Å². The zero-order valence-corrected chi connectivity index (χ0v) is 20.1. The highest BCUT2D eigenvalue weighted by Crippen LogP contribution is 2.28. The van der Waals surface area contributed by atoms with Crippen LogP contribution in [-0.2, 0) is 19.7 Å². The molecule has 8 heteroatoms. The number of benzene rings is 1. The molecule has 1 N–H and O–H groups in total. The summed E-state index contributed by atoms with van der Waals surface area (Å²) in [5, 5.41) is 2.31. The third-order valence-corrected chi connectivity index (χ3v) is 10.2. The zero-order chi connectivity index (χ0) is 22.0. The summed E-state index contributed by atoms with van der Waals surface area (Å²) in [6.45, 7) is 14.7. The molecular weight excluding hydrogens is 408 g/mol. The summed E-state index contributed by atoms with van der Waals surface area (Å²) in [7, 11) is -7.17. The number of hydrogen-bond acceptors (Lipinski definition) is 6. The van der Waals surface area contributed by atoms with Crippen molar-refractivity contribution < 1.29 is 16.8 Å². The Hall–Kier alpha value is -0.960. The van der Waals surface area contributed by atoms with E-state index in [2.05, 4.69) is 37.9 Å². The summed E-state index contributed by atoms with van der Waals surface area (Å²) in [5.41, 5.74) is 0.849. The molecule has 0 aliphatic carbocycles. The Balaban J connectivity index is 2.26. The van der Waals surface area contributed by atoms with Gasteiger partial charge in [0.25, 0.3) is 0 Å². The van der Waals surface area contributed by atoms with Crippen molar-refractivity contribution in [2.24, 2.45) is 0 Å². The van der Waals surface area contributed by atoms with E-state index in [0.717, 1.165) is 18.7 Å². The molecule has 1 saturated heterocycles. The van der Waals surface area contributed by atoms with Crippen LogP contribution in [0.2, 0.25) is 0 Å². The first kappa shape index (κ1) is 24.3. The lowest BCUT2D eigenvalue weighted by atomic mass is 10.0. The van der Waals surface area contributed by atoms with Crippen molar-refractivity contribution in [1.29, 1.82) is 0 Å². The second kappa shape index (κ2) is 9.04. The van der Waals surface area contributed by atoms with Crippen LogP contribution in [0.4, 0.5) is 0 Å². The van der Waals surface area contributed by atoms with E-state index < -0.39 is 31.0 Å². The van der Waals surface area contributed by atoms with Crippen LogP contribution in [0.15, 0.2) is 29.2 Å². The monoisotopic (exact) mass is 444 g/mol. The Morgan fingerprint density at radius 2 is 1.66 bits per heavy atom. The van der Waals surface area contributed by atoms with E-state index in [4.69, 9.17) is 0 Å². The molecule has 1 aromatic rings. The highest BCUT2D eigenvalue weighted by atomic mass is 32.2. The largest absolute Gasteiger partial charge is 0.310 e. The van der Waals surface area contributed by atoms with E-state index in [1.807, 2.05) is 26.0 Å². The van der Waals surface area contributed by atoms with Crippen LogP contribution in [0.25, 0.3) is 0 Å². The van der Waals surface area contributed by atoms with Gasteiger partial charge < -0.3 is 5.32 Å². The lowest BCUT2D eigenvalue weighted by Gasteiger charge is -2.38. The molecular formula is C21H36N2O4S2. The van der Waals surface area contributed by atoms with Crippen LogP contribution in [0, 0.1) is 0 Å².